The van der Waals surface area contributed by atoms with Crippen LogP contribution in [0.3, 0.4) is 0 Å². The van der Waals surface area contributed by atoms with Crippen molar-refractivity contribution in [2.45, 2.75) is 6.92 Å². The highest BCUT2D eigenvalue weighted by atomic mass is 79.9. The Balaban J connectivity index is 1.89. The molecule has 0 N–H and O–H groups in total. The summed E-state index contributed by atoms with van der Waals surface area (Å²) >= 11 is 3.44. The van der Waals surface area contributed by atoms with E-state index in [1.807, 2.05) is 13.0 Å². The number of para-hydroxylation sites is 1. The molecule has 4 rings (SSSR count). The molecule has 0 bridgehead atoms. The molecule has 0 aliphatic rings. The molecule has 4 aromatic rings. The lowest BCUT2D eigenvalue weighted by molar-refractivity contribution is 0.0731. The van der Waals surface area contributed by atoms with Crippen LogP contribution in [0, 0.1) is 6.92 Å². The number of fused-ring (bicyclic) bond motifs is 1. The third kappa shape index (κ3) is 3.74. The zero-order chi connectivity index (χ0) is 21.3. The fourth-order valence-electron chi connectivity index (χ4n) is 3.14. The Morgan fingerprint density at radius 3 is 2.53 bits per heavy atom. The van der Waals surface area contributed by atoms with E-state index in [0.717, 1.165) is 5.56 Å². The van der Waals surface area contributed by atoms with E-state index in [0.29, 0.717) is 32.3 Å². The second-order valence-corrected chi connectivity index (χ2v) is 7.55. The molecule has 0 unspecified atom stereocenters. The molecule has 30 heavy (non-hydrogen) atoms. The van der Waals surface area contributed by atoms with Gasteiger partial charge in [0.25, 0.3) is 0 Å². The van der Waals surface area contributed by atoms with Gasteiger partial charge >= 0.3 is 5.97 Å². The van der Waals surface area contributed by atoms with Crippen LogP contribution in [-0.2, 0) is 0 Å². The van der Waals surface area contributed by atoms with Crippen molar-refractivity contribution in [2.24, 2.45) is 0 Å². The van der Waals surface area contributed by atoms with Crippen LogP contribution in [-0.4, -0.2) is 13.1 Å². The van der Waals surface area contributed by atoms with Crippen LogP contribution in [0.4, 0.5) is 0 Å². The number of hydrogen-bond donors (Lipinski definition) is 0. The van der Waals surface area contributed by atoms with E-state index in [2.05, 4.69) is 15.9 Å². The number of hydrogen-bond acceptors (Lipinski definition) is 5. The fraction of sp³-hybridized carbons (Fsp3) is 0.0833. The molecule has 0 aliphatic heterocycles. The minimum absolute atomic E-state index is 0.155. The summed E-state index contributed by atoms with van der Waals surface area (Å²) in [5.41, 5.74) is 1.82. The number of ether oxygens (including phenoxy) is 2. The summed E-state index contributed by atoms with van der Waals surface area (Å²) in [6.45, 7) is 1.88. The van der Waals surface area contributed by atoms with Crippen LogP contribution >= 0.6 is 15.9 Å². The number of benzene rings is 3. The van der Waals surface area contributed by atoms with Crippen molar-refractivity contribution in [3.63, 3.8) is 0 Å². The van der Waals surface area contributed by atoms with E-state index in [-0.39, 0.29) is 11.5 Å². The Kier molecular flexibility index (Phi) is 5.42. The van der Waals surface area contributed by atoms with Gasteiger partial charge in [0.15, 0.2) is 5.76 Å². The van der Waals surface area contributed by atoms with Gasteiger partial charge in [-0.2, -0.15) is 0 Å². The van der Waals surface area contributed by atoms with Gasteiger partial charge in [0.2, 0.25) is 11.2 Å². The van der Waals surface area contributed by atoms with E-state index < -0.39 is 11.4 Å². The van der Waals surface area contributed by atoms with Crippen molar-refractivity contribution in [3.05, 3.63) is 92.6 Å². The van der Waals surface area contributed by atoms with Crippen LogP contribution in [0.15, 0.2) is 80.4 Å². The molecule has 5 nitrogen and oxygen atoms in total. The summed E-state index contributed by atoms with van der Waals surface area (Å²) in [7, 11) is 1.56. The van der Waals surface area contributed by atoms with Gasteiger partial charge in [-0.3, -0.25) is 4.79 Å². The Hall–Kier alpha value is -3.38. The molecule has 1 heterocycles. The Morgan fingerprint density at radius 1 is 1.00 bits per heavy atom. The predicted octanol–water partition coefficient (Wildman–Crippen LogP) is 5.76. The summed E-state index contributed by atoms with van der Waals surface area (Å²) in [6.07, 6.45) is 0. The Labute approximate surface area is 181 Å². The zero-order valence-electron chi connectivity index (χ0n) is 16.3. The largest absolute Gasteiger partial charge is 0.496 e. The molecule has 1 aromatic heterocycles. The number of methoxy groups -OCH3 is 1. The third-order valence-electron chi connectivity index (χ3n) is 4.62. The minimum Gasteiger partial charge on any atom is -0.496 e. The number of carbonyl (C=O) groups excluding carboxylic acids is 1. The molecule has 0 saturated carbocycles. The number of rotatable bonds is 4. The monoisotopic (exact) mass is 464 g/mol. The number of carbonyl (C=O) groups is 1. The first-order valence-electron chi connectivity index (χ1n) is 9.16. The maximum atomic E-state index is 13.2. The molecule has 0 saturated heterocycles. The van der Waals surface area contributed by atoms with Crippen molar-refractivity contribution in [1.29, 1.82) is 0 Å². The van der Waals surface area contributed by atoms with E-state index in [9.17, 15) is 9.59 Å². The summed E-state index contributed by atoms with van der Waals surface area (Å²) in [5, 5.41) is 0.334. The fourth-order valence-corrected chi connectivity index (χ4v) is 3.68. The quantitative estimate of drug-likeness (QED) is 0.359. The van der Waals surface area contributed by atoms with E-state index in [1.54, 1.807) is 67.8 Å². The number of halogens is 1. The van der Waals surface area contributed by atoms with E-state index >= 15 is 0 Å². The van der Waals surface area contributed by atoms with Gasteiger partial charge in [-0.25, -0.2) is 4.79 Å². The van der Waals surface area contributed by atoms with Crippen molar-refractivity contribution >= 4 is 32.9 Å². The molecule has 0 fully saturated rings. The summed E-state index contributed by atoms with van der Waals surface area (Å²) in [4.78, 5) is 26.0. The molecule has 0 spiro atoms. The molecule has 150 valence electrons. The topological polar surface area (TPSA) is 65.7 Å². The standard InChI is InChI=1S/C24H17BrO5/c1-14-6-5-7-16(12-14)24(27)30-23-21(26)17-8-3-4-9-19(17)29-22(23)15-10-11-20(28-2)18(25)13-15/h3-13H,1-2H3. The molecular weight excluding hydrogens is 448 g/mol. The third-order valence-corrected chi connectivity index (χ3v) is 5.24. The summed E-state index contributed by atoms with van der Waals surface area (Å²) in [6, 6.07) is 19.0. The highest BCUT2D eigenvalue weighted by Gasteiger charge is 2.22. The second-order valence-electron chi connectivity index (χ2n) is 6.69. The van der Waals surface area contributed by atoms with Gasteiger partial charge in [0.1, 0.15) is 11.3 Å². The lowest BCUT2D eigenvalue weighted by Crippen LogP contribution is -2.16. The minimum atomic E-state index is -0.630. The Morgan fingerprint density at radius 2 is 1.80 bits per heavy atom. The van der Waals surface area contributed by atoms with Gasteiger partial charge in [0, 0.05) is 5.56 Å². The summed E-state index contributed by atoms with van der Waals surface area (Å²) in [5.74, 6) is 0.00984. The van der Waals surface area contributed by atoms with Crippen LogP contribution in [0.5, 0.6) is 11.5 Å². The molecule has 6 heteroatoms. The van der Waals surface area contributed by atoms with Crippen molar-refractivity contribution in [2.75, 3.05) is 7.11 Å². The number of esters is 1. The molecular formula is C24H17BrO5. The smallest absolute Gasteiger partial charge is 0.343 e. The highest BCUT2D eigenvalue weighted by Crippen LogP contribution is 2.35. The van der Waals surface area contributed by atoms with Gasteiger partial charge in [-0.15, -0.1) is 0 Å². The first-order valence-corrected chi connectivity index (χ1v) is 9.96. The SMILES string of the molecule is COc1ccc(-c2oc3ccccc3c(=O)c2OC(=O)c2cccc(C)c2)cc1Br. The summed E-state index contributed by atoms with van der Waals surface area (Å²) < 4.78 is 17.5. The predicted molar refractivity (Wildman–Crippen MR) is 118 cm³/mol. The van der Waals surface area contributed by atoms with Gasteiger partial charge < -0.3 is 13.9 Å². The van der Waals surface area contributed by atoms with Crippen LogP contribution in [0.25, 0.3) is 22.3 Å². The molecule has 0 atom stereocenters. The maximum Gasteiger partial charge on any atom is 0.343 e. The highest BCUT2D eigenvalue weighted by molar-refractivity contribution is 9.10. The van der Waals surface area contributed by atoms with Crippen LogP contribution in [0.1, 0.15) is 15.9 Å². The van der Waals surface area contributed by atoms with Crippen LogP contribution in [0.2, 0.25) is 0 Å². The lowest BCUT2D eigenvalue weighted by Gasteiger charge is -2.12. The van der Waals surface area contributed by atoms with Gasteiger partial charge in [-0.05, 0) is 65.3 Å². The van der Waals surface area contributed by atoms with Crippen molar-refractivity contribution in [1.82, 2.24) is 0 Å². The average molecular weight is 465 g/mol. The van der Waals surface area contributed by atoms with E-state index in [1.165, 1.54) is 0 Å². The molecule has 0 aliphatic carbocycles. The second kappa shape index (κ2) is 8.16. The lowest BCUT2D eigenvalue weighted by atomic mass is 10.1. The zero-order valence-corrected chi connectivity index (χ0v) is 17.9. The molecule has 0 radical (unpaired) electrons. The molecule has 3 aromatic carbocycles. The van der Waals surface area contributed by atoms with Crippen LogP contribution < -0.4 is 14.9 Å². The van der Waals surface area contributed by atoms with Crippen molar-refractivity contribution in [3.8, 4) is 22.8 Å². The van der Waals surface area contributed by atoms with Gasteiger partial charge in [-0.1, -0.05) is 29.8 Å². The van der Waals surface area contributed by atoms with Gasteiger partial charge in [0.05, 0.1) is 22.5 Å². The Bertz CT molecular complexity index is 1320. The molecule has 0 amide bonds. The van der Waals surface area contributed by atoms with E-state index in [4.69, 9.17) is 13.9 Å². The average Bonchev–Trinajstić information content (AvgIpc) is 2.75. The number of aryl methyl sites for hydroxylation is 1. The van der Waals surface area contributed by atoms with Crippen molar-refractivity contribution < 1.29 is 18.7 Å². The first-order chi connectivity index (χ1) is 14.5. The maximum absolute atomic E-state index is 13.2. The normalized spacial score (nSPS) is 10.8. The first kappa shape index (κ1) is 19.9.